The fourth-order valence-electron chi connectivity index (χ4n) is 6.33. The van der Waals surface area contributed by atoms with Crippen molar-refractivity contribution in [2.75, 3.05) is 12.8 Å². The van der Waals surface area contributed by atoms with Gasteiger partial charge in [0.2, 0.25) is 0 Å². The van der Waals surface area contributed by atoms with Gasteiger partial charge in [-0.05, 0) is 82.1 Å². The number of nitrogens with two attached hydrogens (primary N) is 1. The van der Waals surface area contributed by atoms with Crippen molar-refractivity contribution in [1.82, 2.24) is 15.0 Å². The molecule has 0 aliphatic rings. The highest BCUT2D eigenvalue weighted by atomic mass is 35.5. The fraction of sp³-hybridized carbons (Fsp3) is 0.0250. The molecule has 0 amide bonds. The van der Waals surface area contributed by atoms with Gasteiger partial charge in [-0.1, -0.05) is 83.9 Å². The number of fused-ring (bicyclic) bond motifs is 3. The average molecular weight is 663 g/mol. The fourth-order valence-corrected chi connectivity index (χ4v) is 6.63. The van der Waals surface area contributed by atoms with Gasteiger partial charge in [0.1, 0.15) is 17.4 Å². The number of aromatic nitrogens is 3. The van der Waals surface area contributed by atoms with Crippen molar-refractivity contribution in [3.8, 4) is 56.7 Å². The van der Waals surface area contributed by atoms with Crippen LogP contribution in [0.3, 0.4) is 0 Å². The molecule has 8 rings (SSSR count). The van der Waals surface area contributed by atoms with Crippen molar-refractivity contribution in [2.45, 2.75) is 0 Å². The Bertz CT molecular complexity index is 2590. The SMILES string of the molecule is COc1ccc2cc(-c3cc(-c4ccc(Cl)cc4)nc4nc(-c5c(-c6ccccc6)[nH]c6ccc(Cl)cc56)c(C#N)c(N)c34)ccc2c1. The molecule has 8 heteroatoms. The van der Waals surface area contributed by atoms with E-state index < -0.39 is 0 Å². The predicted molar refractivity (Wildman–Crippen MR) is 196 cm³/mol. The van der Waals surface area contributed by atoms with Crippen LogP contribution in [0, 0.1) is 11.3 Å². The lowest BCUT2D eigenvalue weighted by molar-refractivity contribution is 0.415. The molecule has 230 valence electrons. The molecular weight excluding hydrogens is 637 g/mol. The molecule has 8 aromatic rings. The van der Waals surface area contributed by atoms with Crippen LogP contribution in [-0.2, 0) is 0 Å². The molecule has 6 nitrogen and oxygen atoms in total. The van der Waals surface area contributed by atoms with Gasteiger partial charge < -0.3 is 15.5 Å². The highest BCUT2D eigenvalue weighted by Crippen LogP contribution is 2.44. The summed E-state index contributed by atoms with van der Waals surface area (Å²) in [6.45, 7) is 0. The third kappa shape index (κ3) is 4.98. The number of rotatable bonds is 5. The van der Waals surface area contributed by atoms with E-state index in [4.69, 9.17) is 43.6 Å². The molecule has 0 radical (unpaired) electrons. The first kappa shape index (κ1) is 29.5. The third-order valence-electron chi connectivity index (χ3n) is 8.66. The second-order valence-electron chi connectivity index (χ2n) is 11.5. The van der Waals surface area contributed by atoms with Crippen LogP contribution in [-0.4, -0.2) is 22.1 Å². The first-order valence-electron chi connectivity index (χ1n) is 15.2. The third-order valence-corrected chi connectivity index (χ3v) is 9.15. The number of aromatic amines is 1. The molecule has 5 aromatic carbocycles. The summed E-state index contributed by atoms with van der Waals surface area (Å²) < 4.78 is 5.44. The van der Waals surface area contributed by atoms with Crippen LogP contribution in [0.2, 0.25) is 10.0 Å². The molecule has 0 fully saturated rings. The van der Waals surface area contributed by atoms with Crippen molar-refractivity contribution < 1.29 is 4.74 Å². The molecule has 0 spiro atoms. The van der Waals surface area contributed by atoms with Crippen LogP contribution < -0.4 is 10.5 Å². The number of anilines is 1. The van der Waals surface area contributed by atoms with Gasteiger partial charge in [0.15, 0.2) is 5.65 Å². The van der Waals surface area contributed by atoms with E-state index in [-0.39, 0.29) is 5.56 Å². The molecule has 0 saturated heterocycles. The van der Waals surface area contributed by atoms with E-state index in [9.17, 15) is 5.26 Å². The molecular formula is C40H25Cl2N5O. The molecule has 0 bridgehead atoms. The van der Waals surface area contributed by atoms with Gasteiger partial charge in [-0.15, -0.1) is 0 Å². The lowest BCUT2D eigenvalue weighted by Crippen LogP contribution is -2.03. The van der Waals surface area contributed by atoms with Crippen molar-refractivity contribution in [3.05, 3.63) is 131 Å². The van der Waals surface area contributed by atoms with E-state index in [0.29, 0.717) is 38.2 Å². The number of hydrogen-bond donors (Lipinski definition) is 2. The molecule has 0 saturated carbocycles. The minimum absolute atomic E-state index is 0.258. The highest BCUT2D eigenvalue weighted by Gasteiger charge is 2.25. The summed E-state index contributed by atoms with van der Waals surface area (Å²) in [5.41, 5.74) is 15.0. The number of benzene rings is 5. The highest BCUT2D eigenvalue weighted by molar-refractivity contribution is 6.31. The van der Waals surface area contributed by atoms with Gasteiger partial charge in [0, 0.05) is 32.1 Å². The summed E-state index contributed by atoms with van der Waals surface area (Å²) >= 11 is 12.8. The van der Waals surface area contributed by atoms with Crippen LogP contribution in [0.5, 0.6) is 5.75 Å². The van der Waals surface area contributed by atoms with Gasteiger partial charge in [0.25, 0.3) is 0 Å². The second kappa shape index (κ2) is 11.7. The number of methoxy groups -OCH3 is 1. The van der Waals surface area contributed by atoms with Gasteiger partial charge in [-0.2, -0.15) is 5.26 Å². The quantitative estimate of drug-likeness (QED) is 0.191. The van der Waals surface area contributed by atoms with Gasteiger partial charge >= 0.3 is 0 Å². The normalized spacial score (nSPS) is 11.3. The summed E-state index contributed by atoms with van der Waals surface area (Å²) in [5, 5.41) is 15.4. The summed E-state index contributed by atoms with van der Waals surface area (Å²) in [6, 6.07) is 39.6. The number of hydrogen-bond acceptors (Lipinski definition) is 5. The van der Waals surface area contributed by atoms with E-state index in [1.54, 1.807) is 7.11 Å². The molecule has 3 heterocycles. The number of pyridine rings is 2. The molecule has 0 unspecified atom stereocenters. The maximum Gasteiger partial charge on any atom is 0.163 e. The molecule has 0 aliphatic carbocycles. The maximum absolute atomic E-state index is 10.7. The Kier molecular flexibility index (Phi) is 7.22. The number of nitrogens with zero attached hydrogens (tertiary/aromatic N) is 3. The van der Waals surface area contributed by atoms with Crippen LogP contribution >= 0.6 is 23.2 Å². The van der Waals surface area contributed by atoms with E-state index in [0.717, 1.165) is 60.9 Å². The Hall–Kier alpha value is -5.87. The summed E-state index contributed by atoms with van der Waals surface area (Å²) in [6.07, 6.45) is 0. The monoisotopic (exact) mass is 661 g/mol. The zero-order chi connectivity index (χ0) is 32.9. The Labute approximate surface area is 286 Å². The smallest absolute Gasteiger partial charge is 0.163 e. The van der Waals surface area contributed by atoms with Gasteiger partial charge in [-0.25, -0.2) is 9.97 Å². The lowest BCUT2D eigenvalue weighted by atomic mass is 9.93. The number of ether oxygens (including phenoxy) is 1. The van der Waals surface area contributed by atoms with Crippen LogP contribution in [0.4, 0.5) is 5.69 Å². The van der Waals surface area contributed by atoms with E-state index in [1.807, 2.05) is 109 Å². The maximum atomic E-state index is 10.7. The average Bonchev–Trinajstić information content (AvgIpc) is 3.49. The number of nitrogen functional groups attached to an aromatic ring is 1. The predicted octanol–water partition coefficient (Wildman–Crippen LogP) is 10.7. The van der Waals surface area contributed by atoms with Gasteiger partial charge in [-0.3, -0.25) is 0 Å². The summed E-state index contributed by atoms with van der Waals surface area (Å²) in [4.78, 5) is 13.8. The summed E-state index contributed by atoms with van der Waals surface area (Å²) in [5.74, 6) is 0.780. The van der Waals surface area contributed by atoms with Crippen LogP contribution in [0.25, 0.3) is 77.6 Å². The van der Waals surface area contributed by atoms with Crippen molar-refractivity contribution in [2.24, 2.45) is 0 Å². The van der Waals surface area contributed by atoms with E-state index >= 15 is 0 Å². The Balaban J connectivity index is 1.46. The Morgan fingerprint density at radius 3 is 2.25 bits per heavy atom. The van der Waals surface area contributed by atoms with Crippen molar-refractivity contribution in [3.63, 3.8) is 0 Å². The second-order valence-corrected chi connectivity index (χ2v) is 12.4. The number of nitriles is 1. The topological polar surface area (TPSA) is 101 Å². The van der Waals surface area contributed by atoms with Crippen molar-refractivity contribution >= 4 is 61.6 Å². The minimum atomic E-state index is 0.258. The molecule has 48 heavy (non-hydrogen) atoms. The van der Waals surface area contributed by atoms with Crippen molar-refractivity contribution in [1.29, 1.82) is 5.26 Å². The number of halogens is 2. The number of H-pyrrole nitrogens is 1. The van der Waals surface area contributed by atoms with Gasteiger partial charge in [0.05, 0.1) is 35.3 Å². The molecule has 0 aliphatic heterocycles. The molecule has 3 N–H and O–H groups in total. The standard InChI is InChI=1S/C40H25Cl2N5O/c1-48-29-15-11-24-17-26(8-7-25(24)18-29)30-20-34(22-9-12-27(41)13-10-22)46-40-35(30)37(44)32(21-43)39(47-40)36-31-19-28(42)14-16-33(31)45-38(36)23-5-3-2-4-6-23/h2-20,45H,1H3,(H2,44,46,47). The largest absolute Gasteiger partial charge is 0.497 e. The zero-order valence-corrected chi connectivity index (χ0v) is 27.1. The van der Waals surface area contributed by atoms with E-state index in [2.05, 4.69) is 17.1 Å². The Morgan fingerprint density at radius 2 is 1.48 bits per heavy atom. The first-order valence-corrected chi connectivity index (χ1v) is 15.9. The first-order chi connectivity index (χ1) is 23.4. The summed E-state index contributed by atoms with van der Waals surface area (Å²) in [7, 11) is 1.65. The lowest BCUT2D eigenvalue weighted by Gasteiger charge is -2.16. The molecule has 3 aromatic heterocycles. The number of nitrogens with one attached hydrogen (secondary N) is 1. The van der Waals surface area contributed by atoms with Crippen LogP contribution in [0.15, 0.2) is 115 Å². The van der Waals surface area contributed by atoms with Crippen LogP contribution in [0.1, 0.15) is 5.56 Å². The van der Waals surface area contributed by atoms with E-state index in [1.165, 1.54) is 0 Å². The zero-order valence-electron chi connectivity index (χ0n) is 25.6. The minimum Gasteiger partial charge on any atom is -0.497 e. The Morgan fingerprint density at radius 1 is 0.750 bits per heavy atom. The molecule has 0 atom stereocenters.